The van der Waals surface area contributed by atoms with E-state index >= 15 is 0 Å². The third kappa shape index (κ3) is 2.39. The Hall–Kier alpha value is -1.62. The normalized spacial score (nSPS) is 10.7. The second-order valence-corrected chi connectivity index (χ2v) is 4.61. The Balaban J connectivity index is 2.32. The Morgan fingerprint density at radius 1 is 1.35 bits per heavy atom. The predicted octanol–water partition coefficient (Wildman–Crippen LogP) is 2.25. The number of aryl methyl sites for hydroxylation is 1. The van der Waals surface area contributed by atoms with Crippen LogP contribution in [0.15, 0.2) is 29.4 Å². The Bertz CT molecular complexity index is 519. The molecule has 0 saturated heterocycles. The zero-order chi connectivity index (χ0) is 12.4. The summed E-state index contributed by atoms with van der Waals surface area (Å²) >= 11 is 1.52. The minimum Gasteiger partial charge on any atom is -0.493 e. The van der Waals surface area contributed by atoms with Gasteiger partial charge in [-0.25, -0.2) is 4.98 Å². The molecule has 17 heavy (non-hydrogen) atoms. The number of nitrogen functional groups attached to an aromatic ring is 1. The SMILES string of the molecule is CSc1nc(C)c(O)n1Cc1ccc(N)cc1. The molecule has 1 aromatic carbocycles. The van der Waals surface area contributed by atoms with E-state index in [4.69, 9.17) is 5.73 Å². The molecule has 0 unspecified atom stereocenters. The van der Waals surface area contributed by atoms with Crippen LogP contribution in [0, 0.1) is 6.92 Å². The summed E-state index contributed by atoms with van der Waals surface area (Å²) in [5, 5.41) is 10.7. The molecule has 2 aromatic rings. The molecule has 2 rings (SSSR count). The summed E-state index contributed by atoms with van der Waals surface area (Å²) in [6, 6.07) is 7.62. The maximum atomic E-state index is 9.93. The highest BCUT2D eigenvalue weighted by Gasteiger charge is 2.12. The molecule has 0 aliphatic heterocycles. The van der Waals surface area contributed by atoms with Crippen molar-refractivity contribution in [1.82, 2.24) is 9.55 Å². The highest BCUT2D eigenvalue weighted by atomic mass is 32.2. The van der Waals surface area contributed by atoms with E-state index in [2.05, 4.69) is 4.98 Å². The summed E-state index contributed by atoms with van der Waals surface area (Å²) in [6.07, 6.45) is 1.95. The molecule has 0 atom stereocenters. The molecule has 5 heteroatoms. The third-order valence-electron chi connectivity index (χ3n) is 2.58. The predicted molar refractivity (Wildman–Crippen MR) is 70.4 cm³/mol. The maximum Gasteiger partial charge on any atom is 0.215 e. The van der Waals surface area contributed by atoms with Gasteiger partial charge in [0.25, 0.3) is 0 Å². The summed E-state index contributed by atoms with van der Waals surface area (Å²) in [5.74, 6) is 0.228. The van der Waals surface area contributed by atoms with Crippen molar-refractivity contribution < 1.29 is 5.11 Å². The second kappa shape index (κ2) is 4.71. The molecule has 3 N–H and O–H groups in total. The van der Waals surface area contributed by atoms with Crippen molar-refractivity contribution in [1.29, 1.82) is 0 Å². The topological polar surface area (TPSA) is 64.1 Å². The van der Waals surface area contributed by atoms with E-state index in [-0.39, 0.29) is 5.88 Å². The smallest absolute Gasteiger partial charge is 0.215 e. The van der Waals surface area contributed by atoms with Gasteiger partial charge in [0.1, 0.15) is 5.69 Å². The molecule has 1 heterocycles. The van der Waals surface area contributed by atoms with E-state index in [1.54, 1.807) is 11.5 Å². The second-order valence-electron chi connectivity index (χ2n) is 3.84. The van der Waals surface area contributed by atoms with Crippen molar-refractivity contribution in [3.05, 3.63) is 35.5 Å². The van der Waals surface area contributed by atoms with Crippen LogP contribution in [0.1, 0.15) is 11.3 Å². The minimum absolute atomic E-state index is 0.228. The van der Waals surface area contributed by atoms with Gasteiger partial charge in [-0.15, -0.1) is 0 Å². The number of aromatic nitrogens is 2. The van der Waals surface area contributed by atoms with Gasteiger partial charge in [0.15, 0.2) is 5.16 Å². The number of nitrogens with two attached hydrogens (primary N) is 1. The van der Waals surface area contributed by atoms with Crippen LogP contribution in [-0.4, -0.2) is 20.9 Å². The molecule has 90 valence electrons. The molecule has 0 fully saturated rings. The third-order valence-corrected chi connectivity index (χ3v) is 3.25. The van der Waals surface area contributed by atoms with E-state index in [0.717, 1.165) is 16.4 Å². The zero-order valence-electron chi connectivity index (χ0n) is 9.84. The highest BCUT2D eigenvalue weighted by Crippen LogP contribution is 2.25. The van der Waals surface area contributed by atoms with E-state index in [9.17, 15) is 5.11 Å². The van der Waals surface area contributed by atoms with Crippen LogP contribution in [0.25, 0.3) is 0 Å². The van der Waals surface area contributed by atoms with Crippen LogP contribution < -0.4 is 5.73 Å². The molecule has 1 aromatic heterocycles. The number of aromatic hydroxyl groups is 1. The van der Waals surface area contributed by atoms with Crippen LogP contribution >= 0.6 is 11.8 Å². The van der Waals surface area contributed by atoms with Gasteiger partial charge >= 0.3 is 0 Å². The molecular weight excluding hydrogens is 234 g/mol. The number of hydrogen-bond acceptors (Lipinski definition) is 4. The van der Waals surface area contributed by atoms with Crippen molar-refractivity contribution in [2.24, 2.45) is 0 Å². The minimum atomic E-state index is 0.228. The summed E-state index contributed by atoms with van der Waals surface area (Å²) in [5.41, 5.74) is 8.12. The first-order valence-electron chi connectivity index (χ1n) is 5.26. The van der Waals surface area contributed by atoms with Crippen molar-refractivity contribution in [2.75, 3.05) is 12.0 Å². The van der Waals surface area contributed by atoms with E-state index < -0.39 is 0 Å². The number of anilines is 1. The first-order chi connectivity index (χ1) is 8.11. The van der Waals surface area contributed by atoms with Gasteiger partial charge in [-0.3, -0.25) is 4.57 Å². The number of nitrogens with zero attached hydrogens (tertiary/aromatic N) is 2. The quantitative estimate of drug-likeness (QED) is 0.647. The molecule has 0 bridgehead atoms. The van der Waals surface area contributed by atoms with Crippen LogP contribution in [0.4, 0.5) is 5.69 Å². The van der Waals surface area contributed by atoms with Gasteiger partial charge in [0.2, 0.25) is 5.88 Å². The standard InChI is InChI=1S/C12H15N3OS/c1-8-11(16)15(12(14-8)17-2)7-9-3-5-10(13)6-4-9/h3-6,16H,7,13H2,1-2H3. The fourth-order valence-corrected chi connectivity index (χ4v) is 2.24. The van der Waals surface area contributed by atoms with E-state index in [1.807, 2.05) is 30.5 Å². The van der Waals surface area contributed by atoms with Gasteiger partial charge in [0, 0.05) is 5.69 Å². The van der Waals surface area contributed by atoms with Crippen molar-refractivity contribution in [3.63, 3.8) is 0 Å². The first-order valence-corrected chi connectivity index (χ1v) is 6.48. The van der Waals surface area contributed by atoms with Crippen molar-refractivity contribution >= 4 is 17.4 Å². The lowest BCUT2D eigenvalue weighted by atomic mass is 10.2. The first kappa shape index (κ1) is 11.9. The van der Waals surface area contributed by atoms with E-state index in [1.165, 1.54) is 11.8 Å². The Kier molecular flexibility index (Phi) is 3.28. The fraction of sp³-hybridized carbons (Fsp3) is 0.250. The van der Waals surface area contributed by atoms with Crippen LogP contribution in [0.2, 0.25) is 0 Å². The molecular formula is C12H15N3OS. The Morgan fingerprint density at radius 2 is 2.00 bits per heavy atom. The van der Waals surface area contributed by atoms with Crippen molar-refractivity contribution in [3.8, 4) is 5.88 Å². The largest absolute Gasteiger partial charge is 0.493 e. The average molecular weight is 249 g/mol. The van der Waals surface area contributed by atoms with Gasteiger partial charge < -0.3 is 10.8 Å². The Labute approximate surface area is 104 Å². The van der Waals surface area contributed by atoms with Crippen LogP contribution in [0.3, 0.4) is 0 Å². The maximum absolute atomic E-state index is 9.93. The lowest BCUT2D eigenvalue weighted by Gasteiger charge is -2.07. The van der Waals surface area contributed by atoms with Crippen LogP contribution in [-0.2, 0) is 6.54 Å². The monoisotopic (exact) mass is 249 g/mol. The highest BCUT2D eigenvalue weighted by molar-refractivity contribution is 7.98. The molecule has 0 saturated carbocycles. The van der Waals surface area contributed by atoms with Gasteiger partial charge in [-0.1, -0.05) is 23.9 Å². The number of imidazole rings is 1. The summed E-state index contributed by atoms with van der Waals surface area (Å²) in [6.45, 7) is 2.40. The number of benzene rings is 1. The van der Waals surface area contributed by atoms with Crippen LogP contribution in [0.5, 0.6) is 5.88 Å². The zero-order valence-corrected chi connectivity index (χ0v) is 10.7. The molecule has 0 aliphatic carbocycles. The number of rotatable bonds is 3. The average Bonchev–Trinajstić information content (AvgIpc) is 2.59. The molecule has 0 amide bonds. The molecule has 0 aliphatic rings. The molecule has 4 nitrogen and oxygen atoms in total. The lowest BCUT2D eigenvalue weighted by Crippen LogP contribution is -2.01. The van der Waals surface area contributed by atoms with E-state index in [0.29, 0.717) is 12.2 Å². The number of thioether (sulfide) groups is 1. The van der Waals surface area contributed by atoms with Gasteiger partial charge in [0.05, 0.1) is 6.54 Å². The Morgan fingerprint density at radius 3 is 2.59 bits per heavy atom. The molecule has 0 spiro atoms. The van der Waals surface area contributed by atoms with Gasteiger partial charge in [-0.2, -0.15) is 0 Å². The number of hydrogen-bond donors (Lipinski definition) is 2. The van der Waals surface area contributed by atoms with Gasteiger partial charge in [-0.05, 0) is 30.9 Å². The summed E-state index contributed by atoms with van der Waals surface area (Å²) < 4.78 is 1.80. The molecule has 0 radical (unpaired) electrons. The fourth-order valence-electron chi connectivity index (χ4n) is 1.64. The summed E-state index contributed by atoms with van der Waals surface area (Å²) in [7, 11) is 0. The lowest BCUT2D eigenvalue weighted by molar-refractivity contribution is 0.413. The van der Waals surface area contributed by atoms with Crippen molar-refractivity contribution in [2.45, 2.75) is 18.6 Å². The summed E-state index contributed by atoms with van der Waals surface area (Å²) in [4.78, 5) is 4.29.